The predicted octanol–water partition coefficient (Wildman–Crippen LogP) is 2.69. The van der Waals surface area contributed by atoms with Crippen molar-refractivity contribution >= 4 is 38.6 Å². The molecule has 4 rings (SSSR count). The summed E-state index contributed by atoms with van der Waals surface area (Å²) in [4.78, 5) is 32.4. The Hall–Kier alpha value is -3.06. The zero-order valence-electron chi connectivity index (χ0n) is 11.6. The number of carbonyl (C=O) groups is 1. The van der Waals surface area contributed by atoms with Crippen LogP contribution in [-0.4, -0.2) is 25.6 Å². The van der Waals surface area contributed by atoms with Crippen LogP contribution in [0.5, 0.6) is 0 Å². The largest absolute Gasteiger partial charge is 0.477 e. The summed E-state index contributed by atoms with van der Waals surface area (Å²) in [6.07, 6.45) is 2.85. The Kier molecular flexibility index (Phi) is 2.95. The third kappa shape index (κ3) is 2.09. The molecule has 0 saturated heterocycles. The first kappa shape index (κ1) is 13.6. The molecule has 0 amide bonds. The lowest BCUT2D eigenvalue weighted by molar-refractivity contribution is 0.0695. The highest BCUT2D eigenvalue weighted by atomic mass is 32.1. The molecule has 7 heteroatoms. The minimum Gasteiger partial charge on any atom is -0.477 e. The number of thiazole rings is 1. The summed E-state index contributed by atoms with van der Waals surface area (Å²) in [5.74, 6) is -1.27. The van der Waals surface area contributed by atoms with Gasteiger partial charge in [0, 0.05) is 12.4 Å². The summed E-state index contributed by atoms with van der Waals surface area (Å²) in [6.45, 7) is 0. The standard InChI is InChI=1S/C16H9N3O3S/c20-13-9-4-3-7-17-14(9)19(8-10(13)15(21)22)16-18-11-5-1-2-6-12(11)23-16/h1-8H,(H,21,22). The predicted molar refractivity (Wildman–Crippen MR) is 87.5 cm³/mol. The lowest BCUT2D eigenvalue weighted by Crippen LogP contribution is -2.18. The van der Waals surface area contributed by atoms with E-state index in [9.17, 15) is 14.7 Å². The van der Waals surface area contributed by atoms with E-state index in [1.807, 2.05) is 24.3 Å². The Balaban J connectivity index is 2.11. The number of aromatic nitrogens is 3. The monoisotopic (exact) mass is 323 g/mol. The van der Waals surface area contributed by atoms with E-state index in [1.54, 1.807) is 22.9 Å². The highest BCUT2D eigenvalue weighted by Gasteiger charge is 2.17. The maximum Gasteiger partial charge on any atom is 0.341 e. The summed E-state index contributed by atoms with van der Waals surface area (Å²) >= 11 is 1.41. The van der Waals surface area contributed by atoms with Gasteiger partial charge in [0.15, 0.2) is 5.13 Å². The zero-order valence-corrected chi connectivity index (χ0v) is 12.4. The fourth-order valence-electron chi connectivity index (χ4n) is 2.42. The summed E-state index contributed by atoms with van der Waals surface area (Å²) in [6, 6.07) is 10.8. The lowest BCUT2D eigenvalue weighted by Gasteiger charge is -2.07. The van der Waals surface area contributed by atoms with Gasteiger partial charge in [-0.1, -0.05) is 23.5 Å². The van der Waals surface area contributed by atoms with Gasteiger partial charge in [0.05, 0.1) is 15.6 Å². The molecule has 0 saturated carbocycles. The number of hydrogen-bond acceptors (Lipinski definition) is 5. The number of pyridine rings is 2. The van der Waals surface area contributed by atoms with Gasteiger partial charge in [0.2, 0.25) is 5.43 Å². The van der Waals surface area contributed by atoms with E-state index in [4.69, 9.17) is 0 Å². The molecule has 4 aromatic rings. The molecule has 1 aromatic carbocycles. The molecule has 0 fully saturated rings. The Labute approximate surface area is 133 Å². The first-order valence-corrected chi connectivity index (χ1v) is 7.56. The summed E-state index contributed by atoms with van der Waals surface area (Å²) < 4.78 is 2.53. The van der Waals surface area contributed by atoms with Crippen LogP contribution in [-0.2, 0) is 0 Å². The van der Waals surface area contributed by atoms with Crippen molar-refractivity contribution in [2.45, 2.75) is 0 Å². The fraction of sp³-hybridized carbons (Fsp3) is 0. The molecule has 0 atom stereocenters. The van der Waals surface area contributed by atoms with Crippen molar-refractivity contribution in [1.29, 1.82) is 0 Å². The van der Waals surface area contributed by atoms with Crippen LogP contribution in [0.2, 0.25) is 0 Å². The highest BCUT2D eigenvalue weighted by molar-refractivity contribution is 7.20. The maximum absolute atomic E-state index is 12.3. The Bertz CT molecular complexity index is 1100. The second-order valence-corrected chi connectivity index (χ2v) is 5.89. The van der Waals surface area contributed by atoms with Crippen LogP contribution in [0.3, 0.4) is 0 Å². The molecule has 0 aliphatic heterocycles. The molecule has 0 aliphatic rings. The number of rotatable bonds is 2. The average molecular weight is 323 g/mol. The molecule has 0 unspecified atom stereocenters. The number of benzene rings is 1. The molecule has 112 valence electrons. The lowest BCUT2D eigenvalue weighted by atomic mass is 10.2. The van der Waals surface area contributed by atoms with E-state index in [2.05, 4.69) is 9.97 Å². The van der Waals surface area contributed by atoms with E-state index in [1.165, 1.54) is 17.5 Å². The van der Waals surface area contributed by atoms with Gasteiger partial charge in [-0.3, -0.25) is 9.36 Å². The molecule has 0 spiro atoms. The molecule has 3 heterocycles. The summed E-state index contributed by atoms with van der Waals surface area (Å²) in [5.41, 5.74) is 0.358. The van der Waals surface area contributed by atoms with Crippen LogP contribution < -0.4 is 5.43 Å². The minimum atomic E-state index is -1.27. The molecule has 0 aliphatic carbocycles. The van der Waals surface area contributed by atoms with Crippen molar-refractivity contribution in [2.24, 2.45) is 0 Å². The van der Waals surface area contributed by atoms with Crippen molar-refractivity contribution in [3.63, 3.8) is 0 Å². The van der Waals surface area contributed by atoms with Gasteiger partial charge in [0.1, 0.15) is 11.2 Å². The van der Waals surface area contributed by atoms with Crippen LogP contribution >= 0.6 is 11.3 Å². The summed E-state index contributed by atoms with van der Waals surface area (Å²) in [5, 5.41) is 10.1. The van der Waals surface area contributed by atoms with Gasteiger partial charge in [-0.25, -0.2) is 14.8 Å². The first-order chi connectivity index (χ1) is 11.1. The van der Waals surface area contributed by atoms with E-state index in [-0.39, 0.29) is 10.9 Å². The fourth-order valence-corrected chi connectivity index (χ4v) is 3.36. The van der Waals surface area contributed by atoms with Gasteiger partial charge in [-0.15, -0.1) is 0 Å². The third-order valence-corrected chi connectivity index (χ3v) is 4.52. The van der Waals surface area contributed by atoms with Crippen LogP contribution in [0.25, 0.3) is 26.4 Å². The Morgan fingerprint density at radius 1 is 1.17 bits per heavy atom. The quantitative estimate of drug-likeness (QED) is 0.613. The molecular weight excluding hydrogens is 314 g/mol. The zero-order chi connectivity index (χ0) is 16.0. The highest BCUT2D eigenvalue weighted by Crippen LogP contribution is 2.26. The van der Waals surface area contributed by atoms with Crippen LogP contribution in [0.4, 0.5) is 0 Å². The SMILES string of the molecule is O=C(O)c1cn(-c2nc3ccccc3s2)c2ncccc2c1=O. The van der Waals surface area contributed by atoms with Crippen LogP contribution in [0.1, 0.15) is 10.4 Å². The number of carboxylic acid groups (broad SMARTS) is 1. The second-order valence-electron chi connectivity index (χ2n) is 4.89. The number of fused-ring (bicyclic) bond motifs is 2. The number of carboxylic acids is 1. The second kappa shape index (κ2) is 4.99. The van der Waals surface area contributed by atoms with E-state index in [0.29, 0.717) is 10.8 Å². The van der Waals surface area contributed by atoms with Crippen molar-refractivity contribution in [3.8, 4) is 5.13 Å². The Morgan fingerprint density at radius 2 is 2.00 bits per heavy atom. The maximum atomic E-state index is 12.3. The topological polar surface area (TPSA) is 85.1 Å². The first-order valence-electron chi connectivity index (χ1n) is 6.75. The van der Waals surface area contributed by atoms with Crippen molar-refractivity contribution in [2.75, 3.05) is 0 Å². The Morgan fingerprint density at radius 3 is 2.78 bits per heavy atom. The molecular formula is C16H9N3O3S. The molecule has 6 nitrogen and oxygen atoms in total. The molecule has 3 aromatic heterocycles. The molecule has 0 radical (unpaired) electrons. The van der Waals surface area contributed by atoms with Crippen molar-refractivity contribution in [3.05, 3.63) is 64.6 Å². The van der Waals surface area contributed by atoms with Gasteiger partial charge in [0.25, 0.3) is 0 Å². The normalized spacial score (nSPS) is 11.1. The molecule has 1 N–H and O–H groups in total. The minimum absolute atomic E-state index is 0.256. The summed E-state index contributed by atoms with van der Waals surface area (Å²) in [7, 11) is 0. The van der Waals surface area contributed by atoms with Crippen LogP contribution in [0.15, 0.2) is 53.6 Å². The van der Waals surface area contributed by atoms with Crippen molar-refractivity contribution < 1.29 is 9.90 Å². The number of para-hydroxylation sites is 1. The number of aromatic carboxylic acids is 1. The van der Waals surface area contributed by atoms with E-state index >= 15 is 0 Å². The third-order valence-electron chi connectivity index (χ3n) is 3.48. The van der Waals surface area contributed by atoms with E-state index in [0.717, 1.165) is 10.2 Å². The van der Waals surface area contributed by atoms with Gasteiger partial charge >= 0.3 is 5.97 Å². The van der Waals surface area contributed by atoms with Gasteiger partial charge < -0.3 is 5.11 Å². The number of hydrogen-bond donors (Lipinski definition) is 1. The number of nitrogens with zero attached hydrogens (tertiary/aromatic N) is 3. The molecule has 0 bridgehead atoms. The van der Waals surface area contributed by atoms with Crippen LogP contribution in [0, 0.1) is 0 Å². The van der Waals surface area contributed by atoms with E-state index < -0.39 is 11.4 Å². The smallest absolute Gasteiger partial charge is 0.341 e. The van der Waals surface area contributed by atoms with Gasteiger partial charge in [-0.2, -0.15) is 0 Å². The van der Waals surface area contributed by atoms with Gasteiger partial charge in [-0.05, 0) is 24.3 Å². The van der Waals surface area contributed by atoms with Crippen molar-refractivity contribution in [1.82, 2.24) is 14.5 Å². The average Bonchev–Trinajstić information content (AvgIpc) is 2.99. The molecule has 23 heavy (non-hydrogen) atoms.